The highest BCUT2D eigenvalue weighted by Gasteiger charge is 2.35. The minimum atomic E-state index is -4.50. The molecule has 1 aromatic rings. The molecule has 1 aromatic carbocycles. The van der Waals surface area contributed by atoms with E-state index in [9.17, 15) is 13.0 Å². The maximum Gasteiger partial charge on any atom is 0.124 e. The van der Waals surface area contributed by atoms with Crippen molar-refractivity contribution in [2.45, 2.75) is 132 Å². The van der Waals surface area contributed by atoms with Crippen molar-refractivity contribution in [1.82, 2.24) is 0 Å². The molecular weight excluding hydrogens is 440 g/mol. The van der Waals surface area contributed by atoms with Crippen molar-refractivity contribution < 1.29 is 13.0 Å². The molecule has 4 fully saturated rings. The van der Waals surface area contributed by atoms with Gasteiger partial charge in [0.2, 0.25) is 0 Å². The summed E-state index contributed by atoms with van der Waals surface area (Å²) in [6.07, 6.45) is 22.6. The molecule has 0 aliphatic heterocycles. The summed E-state index contributed by atoms with van der Waals surface area (Å²) in [5, 5.41) is 0. The van der Waals surface area contributed by atoms with Crippen molar-refractivity contribution in [1.29, 1.82) is 0 Å². The van der Waals surface area contributed by atoms with Gasteiger partial charge in [0.15, 0.2) is 0 Å². The first-order valence-corrected chi connectivity index (χ1v) is 16.0. The van der Waals surface area contributed by atoms with Gasteiger partial charge >= 0.3 is 0 Å². The van der Waals surface area contributed by atoms with Gasteiger partial charge in [0.1, 0.15) is 10.1 Å². The average molecular weight is 486 g/mol. The zero-order valence-electron chi connectivity index (χ0n) is 21.1. The van der Waals surface area contributed by atoms with Gasteiger partial charge in [-0.3, -0.25) is 0 Å². The molecule has 5 rings (SSSR count). The lowest BCUT2D eigenvalue weighted by atomic mass is 9.67. The molecule has 4 unspecified atom stereocenters. The van der Waals surface area contributed by atoms with Crippen LogP contribution in [0.2, 0.25) is 0 Å². The highest BCUT2D eigenvalue weighted by Crippen LogP contribution is 2.48. The summed E-state index contributed by atoms with van der Waals surface area (Å²) in [5.74, 6) is 3.49. The Morgan fingerprint density at radius 3 is 1.38 bits per heavy atom. The first-order valence-electron chi connectivity index (χ1n) is 14.6. The van der Waals surface area contributed by atoms with Gasteiger partial charge in [-0.1, -0.05) is 108 Å². The minimum Gasteiger partial charge on any atom is -0.744 e. The molecule has 0 aromatic heterocycles. The molecule has 4 heteroatoms. The Balaban J connectivity index is 1.40. The summed E-state index contributed by atoms with van der Waals surface area (Å²) in [5.41, 5.74) is 1.74. The Labute approximate surface area is 208 Å². The molecule has 0 N–H and O–H groups in total. The summed E-state index contributed by atoms with van der Waals surface area (Å²) in [4.78, 5) is 0.193. The van der Waals surface area contributed by atoms with Crippen LogP contribution in [0.15, 0.2) is 23.1 Å². The van der Waals surface area contributed by atoms with Crippen molar-refractivity contribution in [3.8, 4) is 0 Å². The van der Waals surface area contributed by atoms with E-state index in [1.165, 1.54) is 89.9 Å². The fourth-order valence-electron chi connectivity index (χ4n) is 8.59. The molecule has 4 aliphatic carbocycles. The first kappa shape index (κ1) is 24.8. The van der Waals surface area contributed by atoms with E-state index in [0.29, 0.717) is 11.8 Å². The Hall–Kier alpha value is -0.870. The fraction of sp³-hybridized carbons (Fsp3) is 0.800. The van der Waals surface area contributed by atoms with Crippen LogP contribution in [-0.4, -0.2) is 13.0 Å². The van der Waals surface area contributed by atoms with Crippen LogP contribution in [0.4, 0.5) is 0 Å². The average Bonchev–Trinajstić information content (AvgIpc) is 2.89. The monoisotopic (exact) mass is 485 g/mol. The lowest BCUT2D eigenvalue weighted by Crippen LogP contribution is -2.26. The van der Waals surface area contributed by atoms with E-state index >= 15 is 0 Å². The van der Waals surface area contributed by atoms with Crippen LogP contribution in [0.1, 0.15) is 139 Å². The normalized spacial score (nSPS) is 32.5. The second-order valence-corrected chi connectivity index (χ2v) is 13.6. The number of rotatable bonds is 5. The Morgan fingerprint density at radius 1 is 0.559 bits per heavy atom. The van der Waals surface area contributed by atoms with Crippen LogP contribution in [-0.2, 0) is 10.1 Å². The molecule has 4 atom stereocenters. The largest absolute Gasteiger partial charge is 0.744 e. The Morgan fingerprint density at radius 2 is 0.971 bits per heavy atom. The van der Waals surface area contributed by atoms with Crippen LogP contribution >= 0.6 is 0 Å². The van der Waals surface area contributed by atoms with Gasteiger partial charge in [0.05, 0.1) is 4.90 Å². The molecule has 0 heterocycles. The molecule has 0 bridgehead atoms. The summed E-state index contributed by atoms with van der Waals surface area (Å²) in [7, 11) is -4.50. The standard InChI is InChI=1S/C30H46O3S/c31-34(32,33)30-28(26-16-7-14-24(20-26)22-10-3-1-4-11-22)18-9-19-29(30)27-17-8-15-25(21-27)23-12-5-2-6-13-23/h9,18-19,22-27H,1-8,10-17,20-21H2,(H,31,32,33)/p-1. The molecular formula is C30H45O3S-. The van der Waals surface area contributed by atoms with Crippen molar-refractivity contribution in [3.63, 3.8) is 0 Å². The molecule has 4 saturated carbocycles. The Kier molecular flexibility index (Phi) is 8.05. The van der Waals surface area contributed by atoms with Crippen LogP contribution in [0, 0.1) is 23.7 Å². The van der Waals surface area contributed by atoms with Crippen LogP contribution in [0.3, 0.4) is 0 Å². The molecule has 0 spiro atoms. The zero-order valence-corrected chi connectivity index (χ0v) is 21.9. The minimum absolute atomic E-state index is 0.193. The third-order valence-electron chi connectivity index (χ3n) is 10.3. The summed E-state index contributed by atoms with van der Waals surface area (Å²) in [6.45, 7) is 0. The van der Waals surface area contributed by atoms with E-state index in [0.717, 1.165) is 48.6 Å². The number of hydrogen-bond donors (Lipinski definition) is 0. The summed E-state index contributed by atoms with van der Waals surface area (Å²) < 4.78 is 38.3. The molecule has 0 saturated heterocycles. The second-order valence-electron chi connectivity index (χ2n) is 12.3. The van der Waals surface area contributed by atoms with E-state index < -0.39 is 10.1 Å². The van der Waals surface area contributed by atoms with Gasteiger partial charge in [0.25, 0.3) is 0 Å². The van der Waals surface area contributed by atoms with Crippen molar-refractivity contribution in [2.75, 3.05) is 0 Å². The van der Waals surface area contributed by atoms with Crippen LogP contribution in [0.25, 0.3) is 0 Å². The third kappa shape index (κ3) is 5.59. The molecule has 3 nitrogen and oxygen atoms in total. The van der Waals surface area contributed by atoms with E-state index in [-0.39, 0.29) is 16.7 Å². The molecule has 34 heavy (non-hydrogen) atoms. The molecule has 0 radical (unpaired) electrons. The van der Waals surface area contributed by atoms with E-state index in [4.69, 9.17) is 0 Å². The zero-order chi connectivity index (χ0) is 23.5. The van der Waals surface area contributed by atoms with Crippen molar-refractivity contribution >= 4 is 10.1 Å². The van der Waals surface area contributed by atoms with Crippen LogP contribution in [0.5, 0.6) is 0 Å². The molecule has 0 amide bonds. The smallest absolute Gasteiger partial charge is 0.124 e. The maximum absolute atomic E-state index is 12.8. The van der Waals surface area contributed by atoms with Gasteiger partial charge in [-0.2, -0.15) is 0 Å². The van der Waals surface area contributed by atoms with Gasteiger partial charge in [0, 0.05) is 0 Å². The van der Waals surface area contributed by atoms with E-state index in [1.54, 1.807) is 0 Å². The quantitative estimate of drug-likeness (QED) is 0.394. The highest BCUT2D eigenvalue weighted by molar-refractivity contribution is 7.85. The van der Waals surface area contributed by atoms with Gasteiger partial charge in [-0.15, -0.1) is 0 Å². The van der Waals surface area contributed by atoms with Gasteiger partial charge < -0.3 is 4.55 Å². The summed E-state index contributed by atoms with van der Waals surface area (Å²) >= 11 is 0. The second kappa shape index (κ2) is 11.0. The topological polar surface area (TPSA) is 57.2 Å². The highest BCUT2D eigenvalue weighted by atomic mass is 32.2. The third-order valence-corrected chi connectivity index (χ3v) is 11.2. The molecule has 190 valence electrons. The maximum atomic E-state index is 12.8. The summed E-state index contributed by atoms with van der Waals surface area (Å²) in [6, 6.07) is 6.04. The molecule has 4 aliphatic rings. The Bertz CT molecular complexity index is 855. The van der Waals surface area contributed by atoms with Gasteiger partial charge in [-0.05, 0) is 72.3 Å². The van der Waals surface area contributed by atoms with E-state index in [1.807, 2.05) is 12.1 Å². The predicted molar refractivity (Wildman–Crippen MR) is 137 cm³/mol. The number of hydrogen-bond acceptors (Lipinski definition) is 3. The van der Waals surface area contributed by atoms with Gasteiger partial charge in [-0.25, -0.2) is 8.42 Å². The SMILES string of the molecule is O=S(=O)([O-])c1c(C2CCCC(C3CCCCC3)C2)cccc1C1CCCC(C2CCCCC2)C1. The van der Waals surface area contributed by atoms with E-state index in [2.05, 4.69) is 6.07 Å². The van der Waals surface area contributed by atoms with Crippen molar-refractivity contribution in [2.24, 2.45) is 23.7 Å². The first-order chi connectivity index (χ1) is 16.5. The number of benzene rings is 1. The van der Waals surface area contributed by atoms with Crippen LogP contribution < -0.4 is 0 Å². The van der Waals surface area contributed by atoms with Crippen molar-refractivity contribution in [3.05, 3.63) is 29.3 Å². The predicted octanol–water partition coefficient (Wildman–Crippen LogP) is 8.30. The lowest BCUT2D eigenvalue weighted by molar-refractivity contribution is 0.179. The fourth-order valence-corrected chi connectivity index (χ4v) is 9.64. The lowest BCUT2D eigenvalue weighted by Gasteiger charge is -2.39.